The van der Waals surface area contributed by atoms with Gasteiger partial charge in [0, 0.05) is 16.6 Å². The number of aryl methyl sites for hydroxylation is 1. The summed E-state index contributed by atoms with van der Waals surface area (Å²) < 4.78 is 24.7. The Morgan fingerprint density at radius 3 is 2.85 bits per heavy atom. The summed E-state index contributed by atoms with van der Waals surface area (Å²) in [4.78, 5) is 24.3. The molecule has 7 heteroatoms. The van der Waals surface area contributed by atoms with E-state index in [0.29, 0.717) is 28.1 Å². The maximum Gasteiger partial charge on any atom is 0.291 e. The van der Waals surface area contributed by atoms with E-state index < -0.39 is 17.8 Å². The molecule has 0 saturated heterocycles. The highest BCUT2D eigenvalue weighted by atomic mass is 19.1. The van der Waals surface area contributed by atoms with E-state index in [2.05, 4.69) is 10.6 Å². The number of ether oxygens (including phenoxy) is 1. The van der Waals surface area contributed by atoms with Gasteiger partial charge < -0.3 is 19.8 Å². The van der Waals surface area contributed by atoms with Crippen molar-refractivity contribution in [2.45, 2.75) is 20.0 Å². The van der Waals surface area contributed by atoms with E-state index >= 15 is 0 Å². The van der Waals surface area contributed by atoms with Crippen molar-refractivity contribution in [2.24, 2.45) is 0 Å². The van der Waals surface area contributed by atoms with E-state index in [-0.39, 0.29) is 17.3 Å². The first-order valence-electron chi connectivity index (χ1n) is 8.04. The minimum Gasteiger partial charge on any atom is -0.479 e. The summed E-state index contributed by atoms with van der Waals surface area (Å²) in [5.41, 5.74) is 1.53. The van der Waals surface area contributed by atoms with Crippen molar-refractivity contribution in [1.29, 1.82) is 0 Å². The van der Waals surface area contributed by atoms with Gasteiger partial charge in [0.1, 0.15) is 5.75 Å². The Morgan fingerprint density at radius 2 is 2.08 bits per heavy atom. The molecule has 3 aromatic rings. The van der Waals surface area contributed by atoms with Crippen LogP contribution in [-0.2, 0) is 4.79 Å². The van der Waals surface area contributed by atoms with Crippen molar-refractivity contribution in [1.82, 2.24) is 0 Å². The van der Waals surface area contributed by atoms with Crippen LogP contribution in [0.3, 0.4) is 0 Å². The molecule has 0 unspecified atom stereocenters. The van der Waals surface area contributed by atoms with Crippen LogP contribution >= 0.6 is 0 Å². The Balaban J connectivity index is 1.63. The molecule has 0 fully saturated rings. The Labute approximate surface area is 147 Å². The summed E-state index contributed by atoms with van der Waals surface area (Å²) in [7, 11) is 0. The zero-order valence-electron chi connectivity index (χ0n) is 14.1. The standard InChI is InChI=1S/C19H15FN2O4/c1-9-12-4-3-5-13(20)17(12)26-16(9)19(24)21-11-6-7-15-14(8-11)22-18(23)10(2)25-15/h3-8,10H,1-2H3,(H,21,24)(H,22,23)/t10-/m0/s1. The lowest BCUT2D eigenvalue weighted by atomic mass is 10.1. The number of carbonyl (C=O) groups is 2. The number of amides is 2. The molecule has 2 aromatic carbocycles. The number of fused-ring (bicyclic) bond motifs is 2. The Morgan fingerprint density at radius 1 is 1.27 bits per heavy atom. The topological polar surface area (TPSA) is 80.6 Å². The maximum atomic E-state index is 13.8. The van der Waals surface area contributed by atoms with E-state index in [1.807, 2.05) is 0 Å². The third kappa shape index (κ3) is 2.57. The molecule has 1 aromatic heterocycles. The monoisotopic (exact) mass is 354 g/mol. The largest absolute Gasteiger partial charge is 0.479 e. The molecule has 1 aliphatic heterocycles. The van der Waals surface area contributed by atoms with Gasteiger partial charge in [-0.2, -0.15) is 0 Å². The second-order valence-corrected chi connectivity index (χ2v) is 6.09. The summed E-state index contributed by atoms with van der Waals surface area (Å²) in [5.74, 6) is -0.722. The summed E-state index contributed by atoms with van der Waals surface area (Å²) in [5, 5.41) is 5.96. The van der Waals surface area contributed by atoms with Crippen LogP contribution in [0.1, 0.15) is 23.0 Å². The summed E-state index contributed by atoms with van der Waals surface area (Å²) >= 11 is 0. The molecule has 1 aliphatic rings. The van der Waals surface area contributed by atoms with Gasteiger partial charge in [-0.05, 0) is 38.1 Å². The number of para-hydroxylation sites is 1. The molecule has 0 bridgehead atoms. The van der Waals surface area contributed by atoms with E-state index in [4.69, 9.17) is 9.15 Å². The fourth-order valence-electron chi connectivity index (χ4n) is 2.90. The van der Waals surface area contributed by atoms with E-state index in [9.17, 15) is 14.0 Å². The Kier molecular flexibility index (Phi) is 3.64. The predicted molar refractivity (Wildman–Crippen MR) is 94.0 cm³/mol. The maximum absolute atomic E-state index is 13.8. The van der Waals surface area contributed by atoms with Gasteiger partial charge >= 0.3 is 0 Å². The number of hydrogen-bond acceptors (Lipinski definition) is 4. The van der Waals surface area contributed by atoms with Gasteiger partial charge in [0.15, 0.2) is 23.3 Å². The predicted octanol–water partition coefficient (Wildman–Crippen LogP) is 3.85. The molecule has 6 nitrogen and oxygen atoms in total. The smallest absolute Gasteiger partial charge is 0.291 e. The van der Waals surface area contributed by atoms with E-state index in [1.54, 1.807) is 44.2 Å². The molecule has 2 N–H and O–H groups in total. The van der Waals surface area contributed by atoms with Crippen molar-refractivity contribution in [3.05, 3.63) is 53.5 Å². The molecule has 2 heterocycles. The highest BCUT2D eigenvalue weighted by Crippen LogP contribution is 2.33. The third-order valence-corrected chi connectivity index (χ3v) is 4.29. The minimum absolute atomic E-state index is 0.0386. The van der Waals surface area contributed by atoms with Gasteiger partial charge in [0.2, 0.25) is 0 Å². The zero-order chi connectivity index (χ0) is 18.4. The van der Waals surface area contributed by atoms with Crippen LogP contribution in [0.4, 0.5) is 15.8 Å². The fraction of sp³-hybridized carbons (Fsp3) is 0.158. The molecule has 0 radical (unpaired) electrons. The fourth-order valence-corrected chi connectivity index (χ4v) is 2.90. The van der Waals surface area contributed by atoms with Crippen LogP contribution in [0.5, 0.6) is 5.75 Å². The van der Waals surface area contributed by atoms with Gasteiger partial charge in [-0.15, -0.1) is 0 Å². The first-order valence-corrected chi connectivity index (χ1v) is 8.04. The molecule has 0 aliphatic carbocycles. The molecule has 26 heavy (non-hydrogen) atoms. The van der Waals surface area contributed by atoms with Gasteiger partial charge in [-0.1, -0.05) is 12.1 Å². The normalized spacial score (nSPS) is 16.0. The van der Waals surface area contributed by atoms with Gasteiger partial charge in [0.05, 0.1) is 5.69 Å². The van der Waals surface area contributed by atoms with Crippen molar-refractivity contribution in [3.8, 4) is 5.75 Å². The SMILES string of the molecule is Cc1c(C(=O)Nc2ccc3c(c2)NC(=O)[C@H](C)O3)oc2c(F)cccc12. The lowest BCUT2D eigenvalue weighted by Gasteiger charge is -2.23. The van der Waals surface area contributed by atoms with E-state index in [0.717, 1.165) is 0 Å². The number of furan rings is 1. The summed E-state index contributed by atoms with van der Waals surface area (Å²) in [6, 6.07) is 9.44. The molecule has 4 rings (SSSR count). The first-order chi connectivity index (χ1) is 12.4. The third-order valence-electron chi connectivity index (χ3n) is 4.29. The first kappa shape index (κ1) is 16.1. The second-order valence-electron chi connectivity index (χ2n) is 6.09. The van der Waals surface area contributed by atoms with E-state index in [1.165, 1.54) is 6.07 Å². The molecule has 0 saturated carbocycles. The van der Waals surface area contributed by atoms with Crippen LogP contribution in [0, 0.1) is 12.7 Å². The summed E-state index contributed by atoms with van der Waals surface area (Å²) in [6.07, 6.45) is -0.573. The molecule has 1 atom stereocenters. The molecule has 132 valence electrons. The highest BCUT2D eigenvalue weighted by molar-refractivity contribution is 6.07. The number of halogens is 1. The van der Waals surface area contributed by atoms with Crippen molar-refractivity contribution in [3.63, 3.8) is 0 Å². The van der Waals surface area contributed by atoms with Gasteiger partial charge in [-0.3, -0.25) is 9.59 Å². The van der Waals surface area contributed by atoms with Crippen molar-refractivity contribution >= 4 is 34.2 Å². The zero-order valence-corrected chi connectivity index (χ0v) is 14.1. The second kappa shape index (κ2) is 5.87. The van der Waals surface area contributed by atoms with Crippen molar-refractivity contribution in [2.75, 3.05) is 10.6 Å². The van der Waals surface area contributed by atoms with Crippen LogP contribution < -0.4 is 15.4 Å². The molecular weight excluding hydrogens is 339 g/mol. The summed E-state index contributed by atoms with van der Waals surface area (Å²) in [6.45, 7) is 3.35. The number of anilines is 2. The average Bonchev–Trinajstić information content (AvgIpc) is 2.95. The Bertz CT molecular complexity index is 1060. The van der Waals surface area contributed by atoms with Crippen LogP contribution in [-0.4, -0.2) is 17.9 Å². The average molecular weight is 354 g/mol. The van der Waals surface area contributed by atoms with Crippen LogP contribution in [0.25, 0.3) is 11.0 Å². The molecular formula is C19H15FN2O4. The number of benzene rings is 2. The Hall–Kier alpha value is -3.35. The lowest BCUT2D eigenvalue weighted by Crippen LogP contribution is -2.34. The van der Waals surface area contributed by atoms with Crippen LogP contribution in [0.15, 0.2) is 40.8 Å². The van der Waals surface area contributed by atoms with Gasteiger partial charge in [0.25, 0.3) is 11.8 Å². The van der Waals surface area contributed by atoms with Crippen molar-refractivity contribution < 1.29 is 23.1 Å². The molecule has 2 amide bonds. The number of rotatable bonds is 2. The number of hydrogen-bond donors (Lipinski definition) is 2. The number of nitrogens with one attached hydrogen (secondary N) is 2. The lowest BCUT2D eigenvalue weighted by molar-refractivity contribution is -0.122. The van der Waals surface area contributed by atoms with Gasteiger partial charge in [-0.25, -0.2) is 4.39 Å². The highest BCUT2D eigenvalue weighted by Gasteiger charge is 2.24. The van der Waals surface area contributed by atoms with Crippen LogP contribution in [0.2, 0.25) is 0 Å². The minimum atomic E-state index is -0.573. The molecule has 0 spiro atoms. The number of carbonyl (C=O) groups excluding carboxylic acids is 2. The quantitative estimate of drug-likeness (QED) is 0.732.